The Balaban J connectivity index is 2.74. The first-order valence-corrected chi connectivity index (χ1v) is 9.84. The van der Waals surface area contributed by atoms with Crippen LogP contribution < -0.4 is 9.46 Å². The fourth-order valence-corrected chi connectivity index (χ4v) is 4.16. The van der Waals surface area contributed by atoms with Gasteiger partial charge >= 0.3 is 0 Å². The maximum Gasteiger partial charge on any atom is 0.240 e. The third-order valence-electron chi connectivity index (χ3n) is 3.54. The highest BCUT2D eigenvalue weighted by Crippen LogP contribution is 2.24. The number of methoxy groups -OCH3 is 1. The lowest BCUT2D eigenvalue weighted by Crippen LogP contribution is -2.29. The molecule has 6 heteroatoms. The molecule has 0 aliphatic heterocycles. The van der Waals surface area contributed by atoms with Crippen LogP contribution in [0.5, 0.6) is 5.75 Å². The molecule has 0 spiro atoms. The van der Waals surface area contributed by atoms with E-state index in [1.807, 2.05) is 0 Å². The number of halogens is 1. The van der Waals surface area contributed by atoms with E-state index in [-0.39, 0.29) is 4.90 Å². The number of nitrogens with one attached hydrogen (secondary N) is 1. The van der Waals surface area contributed by atoms with Crippen molar-refractivity contribution in [1.82, 2.24) is 4.72 Å². The second-order valence-corrected chi connectivity index (χ2v) is 7.99. The van der Waals surface area contributed by atoms with Crippen LogP contribution in [0.1, 0.15) is 39.5 Å². The lowest BCUT2D eigenvalue weighted by atomic mass is 10.00. The standard InChI is InChI=1S/C15H24INO3S/c1-4-6-7-12(5-2)11-17-21(18,19)13-8-9-15(20-3)14(16)10-13/h8-10,12,17H,4-7,11H2,1-3H3/t12-/m0/s1. The summed E-state index contributed by atoms with van der Waals surface area (Å²) in [5, 5.41) is 0. The fraction of sp³-hybridized carbons (Fsp3) is 0.600. The highest BCUT2D eigenvalue weighted by molar-refractivity contribution is 14.1. The Morgan fingerprint density at radius 1 is 1.33 bits per heavy atom. The topological polar surface area (TPSA) is 55.4 Å². The number of unbranched alkanes of at least 4 members (excludes halogenated alkanes) is 1. The summed E-state index contributed by atoms with van der Waals surface area (Å²) < 4.78 is 33.3. The molecule has 0 bridgehead atoms. The van der Waals surface area contributed by atoms with Crippen molar-refractivity contribution in [2.45, 2.75) is 44.4 Å². The molecule has 0 aromatic heterocycles. The minimum Gasteiger partial charge on any atom is -0.496 e. The molecular weight excluding hydrogens is 401 g/mol. The third-order valence-corrected chi connectivity index (χ3v) is 5.80. The second kappa shape index (κ2) is 8.95. The Hall–Kier alpha value is -0.340. The van der Waals surface area contributed by atoms with Crippen molar-refractivity contribution in [3.05, 3.63) is 21.8 Å². The van der Waals surface area contributed by atoms with E-state index in [9.17, 15) is 8.42 Å². The maximum absolute atomic E-state index is 12.3. The molecule has 0 unspecified atom stereocenters. The molecule has 4 nitrogen and oxygen atoms in total. The van der Waals surface area contributed by atoms with Gasteiger partial charge < -0.3 is 4.74 Å². The molecule has 1 atom stereocenters. The van der Waals surface area contributed by atoms with Crippen LogP contribution in [0.2, 0.25) is 0 Å². The first kappa shape index (κ1) is 18.7. The van der Waals surface area contributed by atoms with Gasteiger partial charge in [0.15, 0.2) is 0 Å². The summed E-state index contributed by atoms with van der Waals surface area (Å²) in [6.45, 7) is 4.75. The zero-order valence-corrected chi connectivity index (χ0v) is 15.8. The van der Waals surface area contributed by atoms with Crippen molar-refractivity contribution in [2.75, 3.05) is 13.7 Å². The monoisotopic (exact) mass is 425 g/mol. The Bertz CT molecular complexity index is 546. The van der Waals surface area contributed by atoms with Crippen molar-refractivity contribution in [1.29, 1.82) is 0 Å². The number of sulfonamides is 1. The largest absolute Gasteiger partial charge is 0.496 e. The van der Waals surface area contributed by atoms with Gasteiger partial charge in [-0.1, -0.05) is 33.1 Å². The highest BCUT2D eigenvalue weighted by Gasteiger charge is 2.17. The molecule has 1 N–H and O–H groups in total. The van der Waals surface area contributed by atoms with Gasteiger partial charge in [-0.15, -0.1) is 0 Å². The van der Waals surface area contributed by atoms with E-state index in [0.29, 0.717) is 18.2 Å². The van der Waals surface area contributed by atoms with Gasteiger partial charge in [0.2, 0.25) is 10.0 Å². The Kier molecular flexibility index (Phi) is 7.97. The summed E-state index contributed by atoms with van der Waals surface area (Å²) >= 11 is 2.08. The smallest absolute Gasteiger partial charge is 0.240 e. The maximum atomic E-state index is 12.3. The van der Waals surface area contributed by atoms with Crippen molar-refractivity contribution in [2.24, 2.45) is 5.92 Å². The molecule has 0 saturated carbocycles. The fourth-order valence-electron chi connectivity index (χ4n) is 2.07. The number of ether oxygens (including phenoxy) is 1. The number of hydrogen-bond donors (Lipinski definition) is 1. The highest BCUT2D eigenvalue weighted by atomic mass is 127. The molecule has 1 rings (SSSR count). The van der Waals surface area contributed by atoms with Crippen LogP contribution in [-0.4, -0.2) is 22.1 Å². The molecule has 0 aliphatic carbocycles. The summed E-state index contributed by atoms with van der Waals surface area (Å²) in [4.78, 5) is 0.290. The van der Waals surface area contributed by atoms with Gasteiger partial charge in [0, 0.05) is 6.54 Å². The molecule has 0 radical (unpaired) electrons. The molecule has 0 fully saturated rings. The van der Waals surface area contributed by atoms with Crippen molar-refractivity contribution in [3.8, 4) is 5.75 Å². The second-order valence-electron chi connectivity index (χ2n) is 5.06. The van der Waals surface area contributed by atoms with E-state index in [1.54, 1.807) is 25.3 Å². The van der Waals surface area contributed by atoms with Gasteiger partial charge in [0.05, 0.1) is 15.6 Å². The zero-order chi connectivity index (χ0) is 15.9. The normalized spacial score (nSPS) is 13.1. The van der Waals surface area contributed by atoms with Crippen LogP contribution in [-0.2, 0) is 10.0 Å². The SMILES string of the molecule is CCCC[C@H](CC)CNS(=O)(=O)c1ccc(OC)c(I)c1. The van der Waals surface area contributed by atoms with Crippen LogP contribution in [0, 0.1) is 9.49 Å². The summed E-state index contributed by atoms with van der Waals surface area (Å²) in [6, 6.07) is 4.90. The van der Waals surface area contributed by atoms with Gasteiger partial charge in [0.1, 0.15) is 5.75 Å². The number of rotatable bonds is 9. The van der Waals surface area contributed by atoms with Crippen LogP contribution in [0.15, 0.2) is 23.1 Å². The van der Waals surface area contributed by atoms with Crippen molar-refractivity contribution in [3.63, 3.8) is 0 Å². The van der Waals surface area contributed by atoms with Gasteiger partial charge in [-0.2, -0.15) is 0 Å². The van der Waals surface area contributed by atoms with E-state index in [1.165, 1.54) is 0 Å². The van der Waals surface area contributed by atoms with Crippen molar-refractivity contribution >= 4 is 32.6 Å². The molecule has 1 aromatic rings. The summed E-state index contributed by atoms with van der Waals surface area (Å²) in [7, 11) is -1.88. The van der Waals surface area contributed by atoms with Crippen molar-refractivity contribution < 1.29 is 13.2 Å². The van der Waals surface area contributed by atoms with E-state index in [4.69, 9.17) is 4.74 Å². The molecule has 0 saturated heterocycles. The van der Waals surface area contributed by atoms with Crippen LogP contribution >= 0.6 is 22.6 Å². The van der Waals surface area contributed by atoms with Gasteiger partial charge in [-0.3, -0.25) is 0 Å². The predicted octanol–water partition coefficient (Wildman–Crippen LogP) is 3.79. The molecule has 1 aromatic carbocycles. The number of hydrogen-bond acceptors (Lipinski definition) is 3. The number of benzene rings is 1. The average molecular weight is 425 g/mol. The molecule has 120 valence electrons. The van der Waals surface area contributed by atoms with Gasteiger partial charge in [-0.05, 0) is 53.1 Å². The average Bonchev–Trinajstić information content (AvgIpc) is 2.47. The summed E-state index contributed by atoms with van der Waals surface area (Å²) in [6.07, 6.45) is 4.33. The first-order chi connectivity index (χ1) is 9.94. The van der Waals surface area contributed by atoms with Crippen LogP contribution in [0.3, 0.4) is 0 Å². The molecular formula is C15H24INO3S. The van der Waals surface area contributed by atoms with E-state index in [2.05, 4.69) is 41.2 Å². The molecule has 0 heterocycles. The Labute approximate surface area is 141 Å². The van der Waals surface area contributed by atoms with E-state index in [0.717, 1.165) is 29.3 Å². The zero-order valence-electron chi connectivity index (χ0n) is 12.9. The van der Waals surface area contributed by atoms with Gasteiger partial charge in [-0.25, -0.2) is 13.1 Å². The minimum absolute atomic E-state index is 0.290. The molecule has 21 heavy (non-hydrogen) atoms. The Morgan fingerprint density at radius 3 is 2.57 bits per heavy atom. The van der Waals surface area contributed by atoms with E-state index >= 15 is 0 Å². The molecule has 0 amide bonds. The van der Waals surface area contributed by atoms with Crippen LogP contribution in [0.25, 0.3) is 0 Å². The lowest BCUT2D eigenvalue weighted by molar-refractivity contribution is 0.411. The van der Waals surface area contributed by atoms with Crippen LogP contribution in [0.4, 0.5) is 0 Å². The Morgan fingerprint density at radius 2 is 2.05 bits per heavy atom. The quantitative estimate of drug-likeness (QED) is 0.613. The molecule has 0 aliphatic rings. The first-order valence-electron chi connectivity index (χ1n) is 7.27. The minimum atomic E-state index is -3.45. The summed E-state index contributed by atoms with van der Waals surface area (Å²) in [5.74, 6) is 1.08. The van der Waals surface area contributed by atoms with E-state index < -0.39 is 10.0 Å². The lowest BCUT2D eigenvalue weighted by Gasteiger charge is -2.15. The predicted molar refractivity (Wildman–Crippen MR) is 94.2 cm³/mol. The third kappa shape index (κ3) is 5.75. The summed E-state index contributed by atoms with van der Waals surface area (Å²) in [5.41, 5.74) is 0. The van der Waals surface area contributed by atoms with Gasteiger partial charge in [0.25, 0.3) is 0 Å².